The first kappa shape index (κ1) is 16.1. The van der Waals surface area contributed by atoms with E-state index in [1.165, 1.54) is 6.07 Å². The van der Waals surface area contributed by atoms with E-state index in [1.807, 2.05) is 0 Å². The molecule has 5 nitrogen and oxygen atoms in total. The van der Waals surface area contributed by atoms with Gasteiger partial charge < -0.3 is 16.2 Å². The monoisotopic (exact) mass is 312 g/mol. The van der Waals surface area contributed by atoms with Gasteiger partial charge in [-0.2, -0.15) is 0 Å². The molecule has 1 aliphatic carbocycles. The number of sulfone groups is 1. The third kappa shape index (κ3) is 3.68. The lowest BCUT2D eigenvalue weighted by molar-refractivity contribution is 0.155. The maximum Gasteiger partial charge on any atom is 0.175 e. The summed E-state index contributed by atoms with van der Waals surface area (Å²) in [5.74, 6) is 0.677. The standard InChI is InChI=1S/C15H24N2O3S/c1-11-5-7-15(10-18,8-6-11)17-14-4-3-12(9-13(14)16)21(2,19)20/h3-4,9,11,17-18H,5-8,10,16H2,1-2H3. The van der Waals surface area contributed by atoms with Gasteiger partial charge >= 0.3 is 0 Å². The Morgan fingerprint density at radius 3 is 2.48 bits per heavy atom. The summed E-state index contributed by atoms with van der Waals surface area (Å²) >= 11 is 0. The first-order valence-corrected chi connectivity index (χ1v) is 9.13. The van der Waals surface area contributed by atoms with Crippen LogP contribution in [0.2, 0.25) is 0 Å². The number of aliphatic hydroxyl groups excluding tert-OH is 1. The fraction of sp³-hybridized carbons (Fsp3) is 0.600. The average Bonchev–Trinajstić information content (AvgIpc) is 2.43. The molecular weight excluding hydrogens is 288 g/mol. The number of anilines is 2. The zero-order valence-electron chi connectivity index (χ0n) is 12.6. The summed E-state index contributed by atoms with van der Waals surface area (Å²) in [5.41, 5.74) is 6.69. The van der Waals surface area contributed by atoms with Crippen LogP contribution in [0.3, 0.4) is 0 Å². The SMILES string of the molecule is CC1CCC(CO)(Nc2ccc(S(C)(=O)=O)cc2N)CC1. The largest absolute Gasteiger partial charge is 0.397 e. The van der Waals surface area contributed by atoms with E-state index in [-0.39, 0.29) is 17.0 Å². The summed E-state index contributed by atoms with van der Waals surface area (Å²) in [5, 5.41) is 13.1. The van der Waals surface area contributed by atoms with Gasteiger partial charge in [0.1, 0.15) is 0 Å². The number of hydrogen-bond donors (Lipinski definition) is 3. The number of nitrogens with two attached hydrogens (primary N) is 1. The highest BCUT2D eigenvalue weighted by Crippen LogP contribution is 2.36. The third-order valence-electron chi connectivity index (χ3n) is 4.39. The molecule has 1 aromatic rings. The Kier molecular flexibility index (Phi) is 4.49. The number of aliphatic hydroxyl groups is 1. The first-order valence-electron chi connectivity index (χ1n) is 7.24. The predicted octanol–water partition coefficient (Wildman–Crippen LogP) is 2.03. The molecule has 1 fully saturated rings. The van der Waals surface area contributed by atoms with Gasteiger partial charge in [-0.1, -0.05) is 6.92 Å². The highest BCUT2D eigenvalue weighted by molar-refractivity contribution is 7.90. The van der Waals surface area contributed by atoms with Gasteiger partial charge in [0.2, 0.25) is 0 Å². The van der Waals surface area contributed by atoms with Crippen LogP contribution in [0.5, 0.6) is 0 Å². The fourth-order valence-corrected chi connectivity index (χ4v) is 3.46. The van der Waals surface area contributed by atoms with Crippen molar-refractivity contribution in [3.63, 3.8) is 0 Å². The lowest BCUT2D eigenvalue weighted by Gasteiger charge is -2.39. The van der Waals surface area contributed by atoms with E-state index in [2.05, 4.69) is 12.2 Å². The summed E-state index contributed by atoms with van der Waals surface area (Å²) < 4.78 is 23.1. The molecule has 21 heavy (non-hydrogen) atoms. The maximum atomic E-state index is 11.5. The van der Waals surface area contributed by atoms with Gasteiger partial charge in [0.15, 0.2) is 9.84 Å². The normalized spacial score (nSPS) is 26.5. The topological polar surface area (TPSA) is 92.4 Å². The molecule has 0 radical (unpaired) electrons. The van der Waals surface area contributed by atoms with Crippen LogP contribution >= 0.6 is 0 Å². The van der Waals surface area contributed by atoms with Gasteiger partial charge in [-0.3, -0.25) is 0 Å². The van der Waals surface area contributed by atoms with Gasteiger partial charge in [0, 0.05) is 6.26 Å². The predicted molar refractivity (Wildman–Crippen MR) is 85.0 cm³/mol. The molecule has 1 saturated carbocycles. The Hall–Kier alpha value is -1.27. The summed E-state index contributed by atoms with van der Waals surface area (Å²) in [4.78, 5) is 0.209. The van der Waals surface area contributed by atoms with Gasteiger partial charge in [0.05, 0.1) is 28.4 Å². The molecule has 6 heteroatoms. The fourth-order valence-electron chi connectivity index (χ4n) is 2.81. The lowest BCUT2D eigenvalue weighted by atomic mass is 9.77. The summed E-state index contributed by atoms with van der Waals surface area (Å²) in [6.07, 6.45) is 5.06. The van der Waals surface area contributed by atoms with Gasteiger partial charge in [-0.15, -0.1) is 0 Å². The second-order valence-corrected chi connectivity index (χ2v) is 8.28. The highest BCUT2D eigenvalue weighted by atomic mass is 32.2. The van der Waals surface area contributed by atoms with E-state index in [1.54, 1.807) is 12.1 Å². The molecule has 2 rings (SSSR count). The van der Waals surface area contributed by atoms with Crippen molar-refractivity contribution in [1.82, 2.24) is 0 Å². The molecular formula is C15H24N2O3S. The Labute approximate surface area is 126 Å². The van der Waals surface area contributed by atoms with E-state index >= 15 is 0 Å². The van der Waals surface area contributed by atoms with Crippen LogP contribution < -0.4 is 11.1 Å². The van der Waals surface area contributed by atoms with Crippen molar-refractivity contribution in [2.24, 2.45) is 5.92 Å². The number of benzene rings is 1. The van der Waals surface area contributed by atoms with Crippen molar-refractivity contribution in [2.45, 2.75) is 43.0 Å². The number of hydrogen-bond acceptors (Lipinski definition) is 5. The Balaban J connectivity index is 2.23. The van der Waals surface area contributed by atoms with Gasteiger partial charge in [-0.25, -0.2) is 8.42 Å². The molecule has 118 valence electrons. The molecule has 0 amide bonds. The molecule has 0 spiro atoms. The Morgan fingerprint density at radius 2 is 2.00 bits per heavy atom. The minimum atomic E-state index is -3.26. The molecule has 0 aliphatic heterocycles. The summed E-state index contributed by atoms with van der Waals surface area (Å²) in [6.45, 7) is 2.27. The van der Waals surface area contributed by atoms with Crippen LogP contribution in [0.1, 0.15) is 32.6 Å². The Morgan fingerprint density at radius 1 is 1.38 bits per heavy atom. The quantitative estimate of drug-likeness (QED) is 0.740. The van der Waals surface area contributed by atoms with Crippen molar-refractivity contribution in [3.8, 4) is 0 Å². The van der Waals surface area contributed by atoms with Crippen molar-refractivity contribution in [2.75, 3.05) is 23.9 Å². The van der Waals surface area contributed by atoms with Crippen LogP contribution in [0.25, 0.3) is 0 Å². The zero-order chi connectivity index (χ0) is 15.7. The maximum absolute atomic E-state index is 11.5. The van der Waals surface area contributed by atoms with Crippen molar-refractivity contribution in [1.29, 1.82) is 0 Å². The molecule has 4 N–H and O–H groups in total. The van der Waals surface area contributed by atoms with Crippen molar-refractivity contribution < 1.29 is 13.5 Å². The van der Waals surface area contributed by atoms with Crippen molar-refractivity contribution in [3.05, 3.63) is 18.2 Å². The number of rotatable bonds is 4. The van der Waals surface area contributed by atoms with Gasteiger partial charge in [-0.05, 0) is 49.8 Å². The molecule has 1 aromatic carbocycles. The van der Waals surface area contributed by atoms with Crippen LogP contribution in [0.4, 0.5) is 11.4 Å². The van der Waals surface area contributed by atoms with Crippen LogP contribution in [0, 0.1) is 5.92 Å². The van der Waals surface area contributed by atoms with Crippen LogP contribution in [-0.4, -0.2) is 31.9 Å². The molecule has 0 aromatic heterocycles. The highest BCUT2D eigenvalue weighted by Gasteiger charge is 2.33. The molecule has 0 saturated heterocycles. The minimum absolute atomic E-state index is 0.0486. The molecule has 1 aliphatic rings. The van der Waals surface area contributed by atoms with Gasteiger partial charge in [0.25, 0.3) is 0 Å². The summed E-state index contributed by atoms with van der Waals surface area (Å²) in [7, 11) is -3.26. The number of nitrogens with one attached hydrogen (secondary N) is 1. The molecule has 0 bridgehead atoms. The number of nitrogen functional groups attached to an aromatic ring is 1. The van der Waals surface area contributed by atoms with Crippen LogP contribution in [0.15, 0.2) is 23.1 Å². The molecule has 0 unspecified atom stereocenters. The smallest absolute Gasteiger partial charge is 0.175 e. The second kappa shape index (κ2) is 5.85. The van der Waals surface area contributed by atoms with E-state index in [0.717, 1.165) is 31.9 Å². The zero-order valence-corrected chi connectivity index (χ0v) is 13.4. The summed E-state index contributed by atoms with van der Waals surface area (Å²) in [6, 6.07) is 4.69. The average molecular weight is 312 g/mol. The third-order valence-corrected chi connectivity index (χ3v) is 5.50. The lowest BCUT2D eigenvalue weighted by Crippen LogP contribution is -2.45. The molecule has 0 atom stereocenters. The van der Waals surface area contributed by atoms with E-state index in [9.17, 15) is 13.5 Å². The van der Waals surface area contributed by atoms with E-state index in [0.29, 0.717) is 17.3 Å². The Bertz CT molecular complexity index is 605. The van der Waals surface area contributed by atoms with E-state index in [4.69, 9.17) is 5.73 Å². The second-order valence-electron chi connectivity index (χ2n) is 6.27. The minimum Gasteiger partial charge on any atom is -0.397 e. The molecule has 0 heterocycles. The first-order chi connectivity index (χ1) is 9.76. The van der Waals surface area contributed by atoms with Crippen LogP contribution in [-0.2, 0) is 9.84 Å². The van der Waals surface area contributed by atoms with Crippen molar-refractivity contribution >= 4 is 21.2 Å². The van der Waals surface area contributed by atoms with E-state index < -0.39 is 9.84 Å².